The standard InChI is InChI=1S/C20H24O6S/c1-22-16-7-6-8-17(23-2)15(16)11-12-27(21)13-14-9-10-18(24-3)20(26-5)19(14)25-4/h6-12H,13H2,1-5H3/b12-11+. The van der Waals surface area contributed by atoms with Crippen molar-refractivity contribution < 1.29 is 28.2 Å². The lowest BCUT2D eigenvalue weighted by Crippen LogP contribution is -2.04. The molecule has 0 fully saturated rings. The first-order valence-corrected chi connectivity index (χ1v) is 9.52. The molecule has 0 N–H and O–H groups in total. The molecule has 1 unspecified atom stereocenters. The Kier molecular flexibility index (Phi) is 7.69. The Morgan fingerprint density at radius 1 is 0.778 bits per heavy atom. The van der Waals surface area contributed by atoms with E-state index in [1.807, 2.05) is 24.3 Å². The number of benzene rings is 2. The highest BCUT2D eigenvalue weighted by Crippen LogP contribution is 2.40. The Balaban J connectivity index is 2.26. The lowest BCUT2D eigenvalue weighted by atomic mass is 10.2. The Hall–Kier alpha value is -2.51. The van der Waals surface area contributed by atoms with Gasteiger partial charge in [0.25, 0.3) is 0 Å². The third-order valence-electron chi connectivity index (χ3n) is 3.94. The maximum atomic E-state index is 12.6. The van der Waals surface area contributed by atoms with E-state index in [4.69, 9.17) is 23.7 Å². The van der Waals surface area contributed by atoms with Crippen LogP contribution in [0.5, 0.6) is 28.7 Å². The molecule has 2 rings (SSSR count). The van der Waals surface area contributed by atoms with Crippen LogP contribution in [0.3, 0.4) is 0 Å². The van der Waals surface area contributed by atoms with Crippen molar-refractivity contribution in [2.75, 3.05) is 35.5 Å². The van der Waals surface area contributed by atoms with Crippen LogP contribution in [0.4, 0.5) is 0 Å². The van der Waals surface area contributed by atoms with Crippen LogP contribution in [-0.2, 0) is 16.9 Å². The number of hydrogen-bond donors (Lipinski definition) is 0. The molecule has 6 nitrogen and oxygen atoms in total. The van der Waals surface area contributed by atoms with Crippen molar-refractivity contribution in [1.29, 1.82) is 0 Å². The Morgan fingerprint density at radius 3 is 1.89 bits per heavy atom. The van der Waals surface area contributed by atoms with Gasteiger partial charge in [0.15, 0.2) is 11.5 Å². The van der Waals surface area contributed by atoms with Gasteiger partial charge in [-0.25, -0.2) is 0 Å². The molecule has 0 heterocycles. The fraction of sp³-hybridized carbons (Fsp3) is 0.300. The third-order valence-corrected chi connectivity index (χ3v) is 4.97. The van der Waals surface area contributed by atoms with Gasteiger partial charge in [-0.1, -0.05) is 6.07 Å². The first-order chi connectivity index (χ1) is 13.1. The second kappa shape index (κ2) is 9.99. The lowest BCUT2D eigenvalue weighted by molar-refractivity contribution is 0.323. The molecule has 0 spiro atoms. The summed E-state index contributed by atoms with van der Waals surface area (Å²) in [6.45, 7) is 0. The van der Waals surface area contributed by atoms with Crippen LogP contribution in [0, 0.1) is 0 Å². The third kappa shape index (κ3) is 4.81. The molecule has 27 heavy (non-hydrogen) atoms. The van der Waals surface area contributed by atoms with Crippen LogP contribution < -0.4 is 23.7 Å². The zero-order chi connectivity index (χ0) is 19.8. The molecule has 0 saturated carbocycles. The highest BCUT2D eigenvalue weighted by atomic mass is 32.2. The van der Waals surface area contributed by atoms with Gasteiger partial charge in [0.05, 0.1) is 41.1 Å². The Morgan fingerprint density at radius 2 is 1.37 bits per heavy atom. The first kappa shape index (κ1) is 20.8. The lowest BCUT2D eigenvalue weighted by Gasteiger charge is -2.16. The van der Waals surface area contributed by atoms with Crippen molar-refractivity contribution in [3.8, 4) is 28.7 Å². The van der Waals surface area contributed by atoms with Gasteiger partial charge < -0.3 is 28.2 Å². The van der Waals surface area contributed by atoms with E-state index in [1.54, 1.807) is 46.0 Å². The summed E-state index contributed by atoms with van der Waals surface area (Å²) in [5.74, 6) is 3.09. The maximum Gasteiger partial charge on any atom is 0.203 e. The number of ether oxygens (including phenoxy) is 5. The molecule has 1 atom stereocenters. The smallest absolute Gasteiger partial charge is 0.203 e. The van der Waals surface area contributed by atoms with Gasteiger partial charge in [0, 0.05) is 11.6 Å². The van der Waals surface area contributed by atoms with Gasteiger partial charge in [-0.3, -0.25) is 0 Å². The van der Waals surface area contributed by atoms with Crippen LogP contribution in [0.25, 0.3) is 6.08 Å². The van der Waals surface area contributed by atoms with Crippen molar-refractivity contribution in [3.05, 3.63) is 46.9 Å². The summed E-state index contributed by atoms with van der Waals surface area (Å²) in [7, 11) is 7.79. The predicted octanol–water partition coefficient (Wildman–Crippen LogP) is 3.65. The molecule has 146 valence electrons. The van der Waals surface area contributed by atoms with Gasteiger partial charge in [0.1, 0.15) is 22.7 Å². The molecule has 0 aliphatic heterocycles. The van der Waals surface area contributed by atoms with E-state index >= 15 is 0 Å². The average Bonchev–Trinajstić information content (AvgIpc) is 2.71. The van der Waals surface area contributed by atoms with Gasteiger partial charge in [-0.15, -0.1) is 0 Å². The van der Waals surface area contributed by atoms with Crippen LogP contribution in [0.2, 0.25) is 0 Å². The molecule has 0 bridgehead atoms. The monoisotopic (exact) mass is 392 g/mol. The van der Waals surface area contributed by atoms with Crippen molar-refractivity contribution in [3.63, 3.8) is 0 Å². The van der Waals surface area contributed by atoms with E-state index in [1.165, 1.54) is 7.11 Å². The number of rotatable bonds is 9. The normalized spacial score (nSPS) is 11.9. The summed E-state index contributed by atoms with van der Waals surface area (Å²) in [4.78, 5) is 0. The summed E-state index contributed by atoms with van der Waals surface area (Å²) < 4.78 is 39.4. The average molecular weight is 392 g/mol. The van der Waals surface area contributed by atoms with E-state index in [-0.39, 0.29) is 5.75 Å². The molecule has 0 amide bonds. The largest absolute Gasteiger partial charge is 0.612 e. The zero-order valence-corrected chi connectivity index (χ0v) is 16.9. The predicted molar refractivity (Wildman–Crippen MR) is 107 cm³/mol. The van der Waals surface area contributed by atoms with Gasteiger partial charge >= 0.3 is 0 Å². The molecule has 0 aromatic heterocycles. The number of methoxy groups -OCH3 is 5. The molecule has 0 radical (unpaired) electrons. The van der Waals surface area contributed by atoms with Gasteiger partial charge in [0.2, 0.25) is 5.75 Å². The highest BCUT2D eigenvalue weighted by Gasteiger charge is 2.19. The fourth-order valence-electron chi connectivity index (χ4n) is 2.67. The molecule has 0 saturated heterocycles. The van der Waals surface area contributed by atoms with Crippen molar-refractivity contribution in [2.45, 2.75) is 5.75 Å². The second-order valence-corrected chi connectivity index (χ2v) is 6.72. The van der Waals surface area contributed by atoms with Crippen LogP contribution in [0.1, 0.15) is 11.1 Å². The Labute approximate surface area is 162 Å². The van der Waals surface area contributed by atoms with Crippen molar-refractivity contribution in [1.82, 2.24) is 0 Å². The van der Waals surface area contributed by atoms with E-state index < -0.39 is 11.2 Å². The minimum atomic E-state index is -1.29. The summed E-state index contributed by atoms with van der Waals surface area (Å²) in [5, 5.41) is 1.61. The summed E-state index contributed by atoms with van der Waals surface area (Å²) in [6.07, 6.45) is 1.74. The molecular weight excluding hydrogens is 368 g/mol. The maximum absolute atomic E-state index is 12.6. The van der Waals surface area contributed by atoms with Crippen LogP contribution >= 0.6 is 0 Å². The van der Waals surface area contributed by atoms with Crippen molar-refractivity contribution >= 4 is 17.3 Å². The van der Waals surface area contributed by atoms with E-state index in [2.05, 4.69) is 0 Å². The minimum Gasteiger partial charge on any atom is -0.612 e. The fourth-order valence-corrected chi connectivity index (χ4v) is 3.58. The zero-order valence-electron chi connectivity index (χ0n) is 16.1. The number of hydrogen-bond acceptors (Lipinski definition) is 6. The molecule has 0 aliphatic rings. The van der Waals surface area contributed by atoms with E-state index in [0.29, 0.717) is 28.7 Å². The summed E-state index contributed by atoms with van der Waals surface area (Å²) in [6, 6.07) is 9.06. The van der Waals surface area contributed by atoms with Gasteiger partial charge in [-0.05, 0) is 35.4 Å². The van der Waals surface area contributed by atoms with Crippen molar-refractivity contribution in [2.24, 2.45) is 0 Å². The molecule has 2 aromatic rings. The summed E-state index contributed by atoms with van der Waals surface area (Å²) >= 11 is -1.29. The second-order valence-electron chi connectivity index (χ2n) is 5.40. The highest BCUT2D eigenvalue weighted by molar-refractivity contribution is 7.93. The minimum absolute atomic E-state index is 0.261. The van der Waals surface area contributed by atoms with Crippen LogP contribution in [0.15, 0.2) is 35.7 Å². The topological polar surface area (TPSA) is 69.2 Å². The SMILES string of the molecule is COc1cccc(OC)c1/C=C/[S+]([O-])Cc1ccc(OC)c(OC)c1OC. The van der Waals surface area contributed by atoms with Crippen LogP contribution in [-0.4, -0.2) is 40.1 Å². The van der Waals surface area contributed by atoms with E-state index in [0.717, 1.165) is 11.1 Å². The molecular formula is C20H24O6S. The van der Waals surface area contributed by atoms with Gasteiger partial charge in [-0.2, -0.15) is 0 Å². The summed E-state index contributed by atoms with van der Waals surface area (Å²) in [5.41, 5.74) is 1.49. The molecule has 2 aromatic carbocycles. The van der Waals surface area contributed by atoms with E-state index in [9.17, 15) is 4.55 Å². The first-order valence-electron chi connectivity index (χ1n) is 8.13. The molecule has 0 aliphatic carbocycles. The molecule has 7 heteroatoms. The Bertz CT molecular complexity index is 768. The quantitative estimate of drug-likeness (QED) is 0.607.